The van der Waals surface area contributed by atoms with Gasteiger partial charge in [-0.05, 0) is 49.4 Å². The van der Waals surface area contributed by atoms with Crippen LogP contribution in [-0.2, 0) is 27.4 Å². The summed E-state index contributed by atoms with van der Waals surface area (Å²) >= 11 is 1.29. The second kappa shape index (κ2) is 16.2. The molecule has 0 fully saturated rings. The summed E-state index contributed by atoms with van der Waals surface area (Å²) < 4.78 is 22.8. The normalized spacial score (nSPS) is 12.7. The molecule has 0 spiro atoms. The fraction of sp³-hybridized carbons (Fsp3) is 0.484. The first-order chi connectivity index (χ1) is 20.9. The predicted octanol–water partition coefficient (Wildman–Crippen LogP) is 4.03. The molecular formula is C31H40N4O7S. The Labute approximate surface area is 255 Å². The average molecular weight is 613 g/mol. The second-order valence-electron chi connectivity index (χ2n) is 10.2. The van der Waals surface area contributed by atoms with Gasteiger partial charge in [-0.25, -0.2) is 4.98 Å². The molecule has 232 valence electrons. The lowest BCUT2D eigenvalue weighted by molar-refractivity contribution is -0.121. The quantitative estimate of drug-likeness (QED) is 0.132. The van der Waals surface area contributed by atoms with Crippen LogP contribution in [-0.4, -0.2) is 60.8 Å². The number of ether oxygens (including phenoxy) is 4. The summed E-state index contributed by atoms with van der Waals surface area (Å²) in [6.45, 7) is 3.98. The number of thioether (sulfide) groups is 1. The first-order valence-electron chi connectivity index (χ1n) is 14.6. The van der Waals surface area contributed by atoms with Gasteiger partial charge < -0.3 is 29.6 Å². The minimum Gasteiger partial charge on any atom is -0.497 e. The van der Waals surface area contributed by atoms with E-state index in [2.05, 4.69) is 10.6 Å². The highest BCUT2D eigenvalue weighted by atomic mass is 32.2. The van der Waals surface area contributed by atoms with E-state index < -0.39 is 5.25 Å². The molecule has 0 unspecified atom stereocenters. The third kappa shape index (κ3) is 8.87. The topological polar surface area (TPSA) is 130 Å². The lowest BCUT2D eigenvalue weighted by Crippen LogP contribution is -2.34. The molecule has 2 aromatic carbocycles. The molecular weight excluding hydrogens is 572 g/mol. The Morgan fingerprint density at radius 2 is 1.81 bits per heavy atom. The number of fused-ring (bicyclic) bond motifs is 2. The van der Waals surface area contributed by atoms with E-state index in [-0.39, 0.29) is 24.2 Å². The lowest BCUT2D eigenvalue weighted by atomic mass is 10.1. The number of carbonyl (C=O) groups is 2. The molecule has 0 bridgehead atoms. The standard InChI is InChI=1S/C31H40N4O7S/c1-4-27(29(37)32-14-8-16-39-2)43-31-34-24-18-26-25(41-20-42-26)17-23(24)30(38)35(31)15-7-5-6-9-28(36)33-19-21-10-12-22(40-3)13-11-21/h10-13,17-18,27H,4-9,14-16,19-20H2,1-3H3,(H,32,37)(H,33,36)/t27-/m0/s1. The van der Waals surface area contributed by atoms with Gasteiger partial charge in [0.05, 0.1) is 23.3 Å². The van der Waals surface area contributed by atoms with E-state index in [9.17, 15) is 14.4 Å². The molecule has 1 aliphatic heterocycles. The van der Waals surface area contributed by atoms with Crippen molar-refractivity contribution < 1.29 is 28.5 Å². The average Bonchev–Trinajstić information content (AvgIpc) is 3.48. The van der Waals surface area contributed by atoms with Gasteiger partial charge in [0.25, 0.3) is 5.56 Å². The zero-order valence-electron chi connectivity index (χ0n) is 25.0. The molecule has 11 nitrogen and oxygen atoms in total. The largest absolute Gasteiger partial charge is 0.497 e. The number of unbranched alkanes of at least 4 members (excludes halogenated alkanes) is 2. The van der Waals surface area contributed by atoms with Crippen molar-refractivity contribution >= 4 is 34.5 Å². The van der Waals surface area contributed by atoms with Crippen LogP contribution in [0.25, 0.3) is 10.9 Å². The Morgan fingerprint density at radius 3 is 2.53 bits per heavy atom. The summed E-state index contributed by atoms with van der Waals surface area (Å²) in [4.78, 5) is 43.8. The van der Waals surface area contributed by atoms with Crippen LogP contribution >= 0.6 is 11.8 Å². The molecule has 0 radical (unpaired) electrons. The summed E-state index contributed by atoms with van der Waals surface area (Å²) in [5, 5.41) is 6.40. The van der Waals surface area contributed by atoms with Gasteiger partial charge in [-0.2, -0.15) is 0 Å². The highest BCUT2D eigenvalue weighted by molar-refractivity contribution is 8.00. The van der Waals surface area contributed by atoms with E-state index in [1.807, 2.05) is 31.2 Å². The first-order valence-corrected chi connectivity index (χ1v) is 15.5. The monoisotopic (exact) mass is 612 g/mol. The molecule has 1 aliphatic rings. The fourth-order valence-corrected chi connectivity index (χ4v) is 5.70. The highest BCUT2D eigenvalue weighted by Crippen LogP contribution is 2.35. The van der Waals surface area contributed by atoms with E-state index in [1.54, 1.807) is 30.9 Å². The molecule has 1 aromatic heterocycles. The smallest absolute Gasteiger partial charge is 0.262 e. The summed E-state index contributed by atoms with van der Waals surface area (Å²) in [7, 11) is 3.24. The third-order valence-corrected chi connectivity index (χ3v) is 8.44. The van der Waals surface area contributed by atoms with Crippen molar-refractivity contribution in [1.82, 2.24) is 20.2 Å². The summed E-state index contributed by atoms with van der Waals surface area (Å²) in [6.07, 6.45) is 3.80. The number of hydrogen-bond donors (Lipinski definition) is 2. The third-order valence-electron chi connectivity index (χ3n) is 7.08. The van der Waals surface area contributed by atoms with Crippen LogP contribution in [0.15, 0.2) is 46.3 Å². The molecule has 43 heavy (non-hydrogen) atoms. The van der Waals surface area contributed by atoms with E-state index >= 15 is 0 Å². The van der Waals surface area contributed by atoms with Crippen LogP contribution in [0.4, 0.5) is 0 Å². The molecule has 2 amide bonds. The Morgan fingerprint density at radius 1 is 1.05 bits per heavy atom. The van der Waals surface area contributed by atoms with Gasteiger partial charge in [0.15, 0.2) is 16.7 Å². The first kappa shape index (κ1) is 32.2. The maximum atomic E-state index is 13.7. The number of amides is 2. The SMILES string of the molecule is CC[C@H](Sc1nc2cc3c(cc2c(=O)n1CCCCCC(=O)NCc1ccc(OC)cc1)OCO3)C(=O)NCCCOC. The van der Waals surface area contributed by atoms with Crippen molar-refractivity contribution in [3.05, 3.63) is 52.3 Å². The summed E-state index contributed by atoms with van der Waals surface area (Å²) in [5.74, 6) is 1.71. The summed E-state index contributed by atoms with van der Waals surface area (Å²) in [5.41, 5.74) is 1.30. The Hall–Kier alpha value is -3.77. The fourth-order valence-electron chi connectivity index (χ4n) is 4.63. The van der Waals surface area contributed by atoms with E-state index in [0.717, 1.165) is 24.2 Å². The lowest BCUT2D eigenvalue weighted by Gasteiger charge is -2.18. The van der Waals surface area contributed by atoms with Crippen LogP contribution in [0.2, 0.25) is 0 Å². The predicted molar refractivity (Wildman–Crippen MR) is 165 cm³/mol. The van der Waals surface area contributed by atoms with Crippen molar-refractivity contribution in [1.29, 1.82) is 0 Å². The molecule has 0 saturated carbocycles. The maximum absolute atomic E-state index is 13.7. The zero-order chi connectivity index (χ0) is 30.6. The van der Waals surface area contributed by atoms with Crippen LogP contribution in [0.3, 0.4) is 0 Å². The zero-order valence-corrected chi connectivity index (χ0v) is 25.8. The molecule has 0 aliphatic carbocycles. The molecule has 3 aromatic rings. The van der Waals surface area contributed by atoms with Crippen molar-refractivity contribution in [3.63, 3.8) is 0 Å². The minimum atomic E-state index is -0.415. The van der Waals surface area contributed by atoms with Gasteiger partial charge in [0.1, 0.15) is 5.75 Å². The summed E-state index contributed by atoms with van der Waals surface area (Å²) in [6, 6.07) is 11.0. The maximum Gasteiger partial charge on any atom is 0.262 e. The van der Waals surface area contributed by atoms with Crippen molar-refractivity contribution in [2.24, 2.45) is 0 Å². The molecule has 0 saturated heterocycles. The van der Waals surface area contributed by atoms with Crippen LogP contribution in [0.1, 0.15) is 51.0 Å². The minimum absolute atomic E-state index is 0.0185. The Kier molecular flexibility index (Phi) is 12.1. The number of methoxy groups -OCH3 is 2. The van der Waals surface area contributed by atoms with E-state index in [1.165, 1.54) is 11.8 Å². The number of rotatable bonds is 17. The van der Waals surface area contributed by atoms with Gasteiger partial charge in [-0.3, -0.25) is 19.0 Å². The van der Waals surface area contributed by atoms with Crippen LogP contribution in [0.5, 0.6) is 17.2 Å². The van der Waals surface area contributed by atoms with Gasteiger partial charge in [0.2, 0.25) is 18.6 Å². The second-order valence-corrected chi connectivity index (χ2v) is 11.3. The number of aromatic nitrogens is 2. The van der Waals surface area contributed by atoms with Gasteiger partial charge in [-0.15, -0.1) is 0 Å². The number of nitrogens with zero attached hydrogens (tertiary/aromatic N) is 2. The highest BCUT2D eigenvalue weighted by Gasteiger charge is 2.23. The van der Waals surface area contributed by atoms with E-state index in [0.29, 0.717) is 79.5 Å². The van der Waals surface area contributed by atoms with Gasteiger partial charge in [0, 0.05) is 45.8 Å². The van der Waals surface area contributed by atoms with Crippen LogP contribution in [0, 0.1) is 0 Å². The molecule has 4 rings (SSSR count). The number of nitrogens with one attached hydrogen (secondary N) is 2. The molecule has 1 atom stereocenters. The number of benzene rings is 2. The van der Waals surface area contributed by atoms with Crippen molar-refractivity contribution in [2.75, 3.05) is 34.2 Å². The number of carbonyl (C=O) groups excluding carboxylic acids is 2. The Balaban J connectivity index is 1.39. The van der Waals surface area contributed by atoms with E-state index in [4.69, 9.17) is 23.9 Å². The van der Waals surface area contributed by atoms with Crippen molar-refractivity contribution in [3.8, 4) is 17.2 Å². The van der Waals surface area contributed by atoms with Gasteiger partial charge >= 0.3 is 0 Å². The molecule has 2 N–H and O–H groups in total. The van der Waals surface area contributed by atoms with Crippen LogP contribution < -0.4 is 30.4 Å². The molecule has 2 heterocycles. The Bertz CT molecular complexity index is 1440. The molecule has 12 heteroatoms. The van der Waals surface area contributed by atoms with Gasteiger partial charge in [-0.1, -0.05) is 37.2 Å². The number of hydrogen-bond acceptors (Lipinski definition) is 9. The van der Waals surface area contributed by atoms with Crippen molar-refractivity contribution in [2.45, 2.75) is 68.9 Å².